The monoisotopic (exact) mass is 202 g/mol. The van der Waals surface area contributed by atoms with E-state index in [1.807, 2.05) is 13.8 Å². The van der Waals surface area contributed by atoms with Crippen LogP contribution in [-0.2, 0) is 4.79 Å². The fourth-order valence-corrected chi connectivity index (χ4v) is 2.98. The van der Waals surface area contributed by atoms with Gasteiger partial charge in [-0.05, 0) is 44.6 Å². The summed E-state index contributed by atoms with van der Waals surface area (Å²) in [6.07, 6.45) is 9.14. The Bertz CT molecular complexity index is 363. The van der Waals surface area contributed by atoms with Crippen LogP contribution >= 0.6 is 0 Å². The summed E-state index contributed by atoms with van der Waals surface area (Å²) in [4.78, 5) is 12.3. The molecular weight excluding hydrogens is 184 g/mol. The van der Waals surface area contributed by atoms with Gasteiger partial charge in [-0.1, -0.05) is 30.4 Å². The molecule has 1 nitrogen and oxygen atoms in total. The van der Waals surface area contributed by atoms with Crippen LogP contribution in [0.4, 0.5) is 0 Å². The van der Waals surface area contributed by atoms with Crippen molar-refractivity contribution < 1.29 is 4.79 Å². The van der Waals surface area contributed by atoms with Crippen molar-refractivity contribution in [2.24, 2.45) is 11.3 Å². The molecule has 0 saturated heterocycles. The summed E-state index contributed by atoms with van der Waals surface area (Å²) in [5.74, 6) is 0.676. The van der Waals surface area contributed by atoms with Crippen LogP contribution in [0.2, 0.25) is 0 Å². The first-order chi connectivity index (χ1) is 7.08. The predicted octanol–water partition coefficient (Wildman–Crippen LogP) is 3.43. The van der Waals surface area contributed by atoms with Gasteiger partial charge < -0.3 is 0 Å². The highest BCUT2D eigenvalue weighted by Gasteiger charge is 2.47. The highest BCUT2D eigenvalue weighted by Crippen LogP contribution is 2.49. The molecular formula is C14H18O. The summed E-state index contributed by atoms with van der Waals surface area (Å²) in [5.41, 5.74) is 1.91. The van der Waals surface area contributed by atoms with Gasteiger partial charge in [-0.3, -0.25) is 4.79 Å². The Morgan fingerprint density at radius 1 is 1.47 bits per heavy atom. The fourth-order valence-electron chi connectivity index (χ4n) is 2.98. The molecule has 1 spiro atoms. The zero-order valence-electron chi connectivity index (χ0n) is 9.55. The largest absolute Gasteiger partial charge is 0.294 e. The van der Waals surface area contributed by atoms with Gasteiger partial charge >= 0.3 is 0 Å². The van der Waals surface area contributed by atoms with Gasteiger partial charge in [-0.25, -0.2) is 0 Å². The zero-order chi connectivity index (χ0) is 11.1. The molecule has 2 aliphatic carbocycles. The molecule has 0 amide bonds. The van der Waals surface area contributed by atoms with E-state index >= 15 is 0 Å². The van der Waals surface area contributed by atoms with E-state index < -0.39 is 0 Å². The molecule has 0 aromatic rings. The molecule has 1 atom stereocenters. The average molecular weight is 202 g/mol. The first-order valence-electron chi connectivity index (χ1n) is 5.60. The van der Waals surface area contributed by atoms with E-state index in [1.165, 1.54) is 0 Å². The molecule has 80 valence electrons. The van der Waals surface area contributed by atoms with E-state index in [1.54, 1.807) is 0 Å². The second-order valence-electron chi connectivity index (χ2n) is 4.89. The highest BCUT2D eigenvalue weighted by molar-refractivity contribution is 6.01. The molecule has 0 saturated carbocycles. The maximum absolute atomic E-state index is 12.3. The molecule has 0 bridgehead atoms. The Morgan fingerprint density at radius 2 is 2.07 bits per heavy atom. The van der Waals surface area contributed by atoms with E-state index in [4.69, 9.17) is 0 Å². The first kappa shape index (κ1) is 10.4. The third kappa shape index (κ3) is 1.41. The number of hydrogen-bond donors (Lipinski definition) is 0. The van der Waals surface area contributed by atoms with Gasteiger partial charge in [0, 0.05) is 5.41 Å². The lowest BCUT2D eigenvalue weighted by Gasteiger charge is -2.39. The summed E-state index contributed by atoms with van der Waals surface area (Å²) in [7, 11) is 0. The van der Waals surface area contributed by atoms with Crippen molar-refractivity contribution in [2.75, 3.05) is 0 Å². The van der Waals surface area contributed by atoms with Gasteiger partial charge in [-0.2, -0.15) is 0 Å². The van der Waals surface area contributed by atoms with Crippen LogP contribution in [0, 0.1) is 11.3 Å². The molecule has 0 fully saturated rings. The van der Waals surface area contributed by atoms with Crippen LogP contribution in [0.1, 0.15) is 33.1 Å². The predicted molar refractivity (Wildman–Crippen MR) is 62.5 cm³/mol. The smallest absolute Gasteiger partial charge is 0.165 e. The Kier molecular flexibility index (Phi) is 2.41. The second-order valence-corrected chi connectivity index (χ2v) is 4.89. The summed E-state index contributed by atoms with van der Waals surface area (Å²) < 4.78 is 0. The normalized spacial score (nSPS) is 28.3. The molecule has 0 radical (unpaired) electrons. The highest BCUT2D eigenvalue weighted by atomic mass is 16.1. The van der Waals surface area contributed by atoms with E-state index in [9.17, 15) is 4.79 Å². The topological polar surface area (TPSA) is 17.1 Å². The van der Waals surface area contributed by atoms with Gasteiger partial charge in [-0.15, -0.1) is 0 Å². The minimum absolute atomic E-state index is 0.176. The van der Waals surface area contributed by atoms with Gasteiger partial charge in [0.15, 0.2) is 5.78 Å². The van der Waals surface area contributed by atoms with Crippen molar-refractivity contribution in [1.82, 2.24) is 0 Å². The van der Waals surface area contributed by atoms with Crippen molar-refractivity contribution >= 4 is 5.78 Å². The third-order valence-electron chi connectivity index (χ3n) is 3.86. The first-order valence-corrected chi connectivity index (χ1v) is 5.60. The van der Waals surface area contributed by atoms with Crippen molar-refractivity contribution in [1.29, 1.82) is 0 Å². The van der Waals surface area contributed by atoms with Crippen molar-refractivity contribution in [3.05, 3.63) is 36.0 Å². The Labute approximate surface area is 91.6 Å². The van der Waals surface area contributed by atoms with E-state index in [0.717, 1.165) is 30.4 Å². The summed E-state index contributed by atoms with van der Waals surface area (Å²) >= 11 is 0. The number of Topliss-reactive ketones (excluding diaryl/α,β-unsaturated/α-hetero) is 1. The SMILES string of the molecule is C=C(C)[C@@H]1CC=C(C)C(=O)C12CC=CC2. The third-order valence-corrected chi connectivity index (χ3v) is 3.86. The van der Waals surface area contributed by atoms with Crippen LogP contribution < -0.4 is 0 Å². The molecule has 2 rings (SSSR count). The number of hydrogen-bond acceptors (Lipinski definition) is 1. The molecule has 2 aliphatic rings. The lowest BCUT2D eigenvalue weighted by atomic mass is 9.62. The minimum atomic E-state index is -0.176. The van der Waals surface area contributed by atoms with Crippen LogP contribution in [0.3, 0.4) is 0 Å². The molecule has 0 unspecified atom stereocenters. The van der Waals surface area contributed by atoms with Gasteiger partial charge in [0.1, 0.15) is 0 Å². The number of rotatable bonds is 1. The number of carbonyl (C=O) groups is 1. The van der Waals surface area contributed by atoms with Gasteiger partial charge in [0.25, 0.3) is 0 Å². The van der Waals surface area contributed by atoms with Crippen LogP contribution in [0.25, 0.3) is 0 Å². The molecule has 15 heavy (non-hydrogen) atoms. The Morgan fingerprint density at radius 3 is 2.60 bits per heavy atom. The van der Waals surface area contributed by atoms with E-state index in [0.29, 0.717) is 11.7 Å². The second kappa shape index (κ2) is 3.48. The average Bonchev–Trinajstić information content (AvgIpc) is 2.64. The van der Waals surface area contributed by atoms with Gasteiger partial charge in [0.05, 0.1) is 0 Å². The van der Waals surface area contributed by atoms with Crippen molar-refractivity contribution in [3.63, 3.8) is 0 Å². The Hall–Kier alpha value is -1.11. The number of ketones is 1. The molecule has 0 aliphatic heterocycles. The Balaban J connectivity index is 2.42. The lowest BCUT2D eigenvalue weighted by Crippen LogP contribution is -2.40. The van der Waals surface area contributed by atoms with Crippen molar-refractivity contribution in [2.45, 2.75) is 33.1 Å². The molecule has 0 aromatic carbocycles. The lowest BCUT2D eigenvalue weighted by molar-refractivity contribution is -0.127. The summed E-state index contributed by atoms with van der Waals surface area (Å²) in [6.45, 7) is 8.04. The van der Waals surface area contributed by atoms with Crippen LogP contribution in [-0.4, -0.2) is 5.78 Å². The van der Waals surface area contributed by atoms with Crippen LogP contribution in [0.5, 0.6) is 0 Å². The maximum atomic E-state index is 12.3. The minimum Gasteiger partial charge on any atom is -0.294 e. The summed E-state index contributed by atoms with van der Waals surface area (Å²) in [5, 5.41) is 0. The van der Waals surface area contributed by atoms with Crippen LogP contribution in [0.15, 0.2) is 36.0 Å². The quantitative estimate of drug-likeness (QED) is 0.595. The summed E-state index contributed by atoms with van der Waals surface area (Å²) in [6, 6.07) is 0. The van der Waals surface area contributed by atoms with E-state index in [-0.39, 0.29) is 5.41 Å². The maximum Gasteiger partial charge on any atom is 0.165 e. The standard InChI is InChI=1S/C14H18O/c1-10(2)12-7-6-11(3)13(15)14(12)8-4-5-9-14/h4-6,12H,1,7-9H2,2-3H3/t12-/m0/s1. The number of carbonyl (C=O) groups excluding carboxylic acids is 1. The van der Waals surface area contributed by atoms with Gasteiger partial charge in [0.2, 0.25) is 0 Å². The van der Waals surface area contributed by atoms with E-state index in [2.05, 4.69) is 24.8 Å². The molecule has 0 aromatic heterocycles. The number of allylic oxidation sites excluding steroid dienone is 5. The molecule has 0 N–H and O–H groups in total. The fraction of sp³-hybridized carbons (Fsp3) is 0.500. The zero-order valence-corrected chi connectivity index (χ0v) is 9.55. The van der Waals surface area contributed by atoms with Crippen molar-refractivity contribution in [3.8, 4) is 0 Å². The molecule has 1 heteroatoms. The molecule has 0 heterocycles.